The van der Waals surface area contributed by atoms with E-state index in [9.17, 15) is 13.2 Å². The summed E-state index contributed by atoms with van der Waals surface area (Å²) in [5, 5.41) is 0. The van der Waals surface area contributed by atoms with Crippen LogP contribution in [0, 0.1) is 0 Å². The first kappa shape index (κ1) is 19.3. The van der Waals surface area contributed by atoms with Crippen molar-refractivity contribution < 1.29 is 13.2 Å². The second-order valence-corrected chi connectivity index (χ2v) is 10.4. The molecule has 1 aromatic carbocycles. The van der Waals surface area contributed by atoms with Crippen LogP contribution in [0.1, 0.15) is 6.42 Å². The van der Waals surface area contributed by atoms with Gasteiger partial charge in [-0.3, -0.25) is 4.79 Å². The minimum atomic E-state index is -3.55. The first-order valence-electron chi connectivity index (χ1n) is 8.28. The zero-order valence-corrected chi connectivity index (χ0v) is 17.3. The summed E-state index contributed by atoms with van der Waals surface area (Å²) in [6.45, 7) is 2.97. The number of anilines is 1. The summed E-state index contributed by atoms with van der Waals surface area (Å²) in [5.74, 6) is -0.0206. The average Bonchev–Trinajstić information content (AvgIpc) is 3.10. The molecule has 1 saturated heterocycles. The molecule has 0 spiro atoms. The summed E-state index contributed by atoms with van der Waals surface area (Å²) >= 11 is 4.40. The third-order valence-corrected chi connectivity index (χ3v) is 7.77. The Labute approximate surface area is 166 Å². The molecule has 2 aromatic rings. The maximum Gasteiger partial charge on any atom is 0.250 e. The van der Waals surface area contributed by atoms with Gasteiger partial charge in [0, 0.05) is 44.8 Å². The van der Waals surface area contributed by atoms with E-state index in [1.807, 2.05) is 18.2 Å². The van der Waals surface area contributed by atoms with Gasteiger partial charge >= 0.3 is 0 Å². The third kappa shape index (κ3) is 4.85. The van der Waals surface area contributed by atoms with Gasteiger partial charge in [0.15, 0.2) is 0 Å². The standard InChI is InChI=1S/C17H20BrN3O3S2/c18-15-6-7-17(25-15)26(23,24)19-9-8-16(22)21-12-10-20(11-13-21)14-4-2-1-3-5-14/h1-7,19H,8-13H2. The summed E-state index contributed by atoms with van der Waals surface area (Å²) in [6.07, 6.45) is 0.164. The zero-order valence-electron chi connectivity index (χ0n) is 14.1. The number of piperazine rings is 1. The molecular weight excluding hydrogens is 438 g/mol. The summed E-state index contributed by atoms with van der Waals surface area (Å²) in [4.78, 5) is 16.4. The molecule has 140 valence electrons. The molecule has 1 N–H and O–H groups in total. The maximum absolute atomic E-state index is 12.3. The molecule has 1 fully saturated rings. The van der Waals surface area contributed by atoms with Crippen molar-refractivity contribution in [3.8, 4) is 0 Å². The summed E-state index contributed by atoms with van der Waals surface area (Å²) in [5.41, 5.74) is 1.16. The Hall–Kier alpha value is -1.42. The fourth-order valence-corrected chi connectivity index (χ4v) is 5.90. The fraction of sp³-hybridized carbons (Fsp3) is 0.353. The molecule has 26 heavy (non-hydrogen) atoms. The minimum Gasteiger partial charge on any atom is -0.368 e. The van der Waals surface area contributed by atoms with Crippen LogP contribution in [0.5, 0.6) is 0 Å². The molecule has 9 heteroatoms. The molecule has 6 nitrogen and oxygen atoms in total. The van der Waals surface area contributed by atoms with Crippen LogP contribution >= 0.6 is 27.3 Å². The van der Waals surface area contributed by atoms with Gasteiger partial charge in [-0.15, -0.1) is 11.3 Å². The van der Waals surface area contributed by atoms with E-state index in [0.717, 1.165) is 33.9 Å². The molecular formula is C17H20BrN3O3S2. The van der Waals surface area contributed by atoms with E-state index in [4.69, 9.17) is 0 Å². The number of carbonyl (C=O) groups is 1. The quantitative estimate of drug-likeness (QED) is 0.723. The number of sulfonamides is 1. The highest BCUT2D eigenvalue weighted by Crippen LogP contribution is 2.25. The van der Waals surface area contributed by atoms with Crippen molar-refractivity contribution in [1.82, 2.24) is 9.62 Å². The van der Waals surface area contributed by atoms with Crippen molar-refractivity contribution in [2.45, 2.75) is 10.6 Å². The van der Waals surface area contributed by atoms with E-state index in [-0.39, 0.29) is 23.1 Å². The van der Waals surface area contributed by atoms with Gasteiger partial charge in [0.05, 0.1) is 3.79 Å². The molecule has 0 saturated carbocycles. The number of carbonyl (C=O) groups excluding carboxylic acids is 1. The van der Waals surface area contributed by atoms with Crippen LogP contribution in [-0.2, 0) is 14.8 Å². The molecule has 0 unspecified atom stereocenters. The summed E-state index contributed by atoms with van der Waals surface area (Å²) in [6, 6.07) is 13.4. The van der Waals surface area contributed by atoms with E-state index in [1.165, 1.54) is 0 Å². The van der Waals surface area contributed by atoms with Crippen molar-refractivity contribution in [3.63, 3.8) is 0 Å². The normalized spacial score (nSPS) is 15.3. The van der Waals surface area contributed by atoms with Gasteiger partial charge < -0.3 is 9.80 Å². The largest absolute Gasteiger partial charge is 0.368 e. The molecule has 0 atom stereocenters. The maximum atomic E-state index is 12.3. The Morgan fingerprint density at radius 2 is 1.77 bits per heavy atom. The van der Waals surface area contributed by atoms with Crippen LogP contribution in [0.2, 0.25) is 0 Å². The van der Waals surface area contributed by atoms with E-state index in [0.29, 0.717) is 13.1 Å². The highest BCUT2D eigenvalue weighted by atomic mass is 79.9. The number of para-hydroxylation sites is 1. The number of nitrogens with zero attached hydrogens (tertiary/aromatic N) is 2. The van der Waals surface area contributed by atoms with Crippen molar-refractivity contribution in [2.75, 3.05) is 37.6 Å². The van der Waals surface area contributed by atoms with Crippen molar-refractivity contribution in [3.05, 3.63) is 46.3 Å². The van der Waals surface area contributed by atoms with Crippen molar-refractivity contribution in [1.29, 1.82) is 0 Å². The Morgan fingerprint density at radius 3 is 2.38 bits per heavy atom. The summed E-state index contributed by atoms with van der Waals surface area (Å²) < 4.78 is 27.8. The van der Waals surface area contributed by atoms with Crippen LogP contribution in [0.3, 0.4) is 0 Å². The smallest absolute Gasteiger partial charge is 0.250 e. The molecule has 0 bridgehead atoms. The number of nitrogens with one attached hydrogen (secondary N) is 1. The molecule has 1 amide bonds. The topological polar surface area (TPSA) is 69.7 Å². The Balaban J connectivity index is 1.45. The molecule has 1 aliphatic heterocycles. The molecule has 0 radical (unpaired) electrons. The van der Waals surface area contributed by atoms with E-state index in [1.54, 1.807) is 17.0 Å². The number of hydrogen-bond acceptors (Lipinski definition) is 5. The SMILES string of the molecule is O=C(CCNS(=O)(=O)c1ccc(Br)s1)N1CCN(c2ccccc2)CC1. The van der Waals surface area contributed by atoms with Crippen LogP contribution < -0.4 is 9.62 Å². The lowest BCUT2D eigenvalue weighted by molar-refractivity contribution is -0.131. The Morgan fingerprint density at radius 1 is 1.08 bits per heavy atom. The fourth-order valence-electron chi connectivity index (χ4n) is 2.82. The van der Waals surface area contributed by atoms with Crippen LogP contribution in [0.4, 0.5) is 5.69 Å². The third-order valence-electron chi connectivity index (χ3n) is 4.20. The first-order chi connectivity index (χ1) is 12.5. The predicted octanol–water partition coefficient (Wildman–Crippen LogP) is 2.53. The molecule has 1 aliphatic rings. The van der Waals surface area contributed by atoms with Crippen molar-refractivity contribution >= 4 is 48.9 Å². The lowest BCUT2D eigenvalue weighted by Crippen LogP contribution is -2.49. The number of amides is 1. The van der Waals surface area contributed by atoms with Crippen LogP contribution in [0.25, 0.3) is 0 Å². The average molecular weight is 458 g/mol. The van der Waals surface area contributed by atoms with Crippen molar-refractivity contribution in [2.24, 2.45) is 0 Å². The van der Waals surface area contributed by atoms with E-state index in [2.05, 4.69) is 37.7 Å². The van der Waals surface area contributed by atoms with Gasteiger partial charge in [0.1, 0.15) is 4.21 Å². The highest BCUT2D eigenvalue weighted by molar-refractivity contribution is 9.11. The molecule has 0 aliphatic carbocycles. The lowest BCUT2D eigenvalue weighted by atomic mass is 10.2. The van der Waals surface area contributed by atoms with Gasteiger partial charge in [-0.05, 0) is 40.2 Å². The number of rotatable bonds is 6. The van der Waals surface area contributed by atoms with Crippen LogP contribution in [0.15, 0.2) is 50.5 Å². The highest BCUT2D eigenvalue weighted by Gasteiger charge is 2.22. The first-order valence-corrected chi connectivity index (χ1v) is 11.4. The predicted molar refractivity (Wildman–Crippen MR) is 107 cm³/mol. The number of hydrogen-bond donors (Lipinski definition) is 1. The van der Waals surface area contributed by atoms with Gasteiger partial charge in [0.25, 0.3) is 0 Å². The molecule has 3 rings (SSSR count). The molecule has 2 heterocycles. The van der Waals surface area contributed by atoms with Gasteiger partial charge in [-0.1, -0.05) is 18.2 Å². The monoisotopic (exact) mass is 457 g/mol. The second-order valence-electron chi connectivity index (χ2n) is 5.91. The summed E-state index contributed by atoms with van der Waals surface area (Å²) in [7, 11) is -3.55. The lowest BCUT2D eigenvalue weighted by Gasteiger charge is -2.36. The zero-order chi connectivity index (χ0) is 18.6. The number of halogens is 1. The minimum absolute atomic E-state index is 0.0206. The number of thiophene rings is 1. The van der Waals surface area contributed by atoms with E-state index < -0.39 is 10.0 Å². The van der Waals surface area contributed by atoms with Gasteiger partial charge in [-0.2, -0.15) is 0 Å². The van der Waals surface area contributed by atoms with E-state index >= 15 is 0 Å². The Kier molecular flexibility index (Phi) is 6.33. The molecule has 1 aromatic heterocycles. The number of benzene rings is 1. The van der Waals surface area contributed by atoms with Crippen LogP contribution in [-0.4, -0.2) is 51.9 Å². The Bertz CT molecular complexity index is 847. The van der Waals surface area contributed by atoms with Gasteiger partial charge in [-0.25, -0.2) is 13.1 Å². The van der Waals surface area contributed by atoms with Gasteiger partial charge in [0.2, 0.25) is 15.9 Å². The second kappa shape index (κ2) is 8.51.